The second-order valence-corrected chi connectivity index (χ2v) is 9.94. The molecular formula is C21H27N7O6S. The van der Waals surface area contributed by atoms with Crippen molar-refractivity contribution in [2.45, 2.75) is 25.4 Å². The summed E-state index contributed by atoms with van der Waals surface area (Å²) in [4.78, 5) is 28.5. The minimum Gasteiger partial charge on any atom is -0.493 e. The second kappa shape index (κ2) is 9.56. The number of nitrogens with zero attached hydrogens (tertiary/aromatic N) is 3. The van der Waals surface area contributed by atoms with Crippen LogP contribution in [-0.4, -0.2) is 56.0 Å². The van der Waals surface area contributed by atoms with Crippen LogP contribution in [0.15, 0.2) is 34.9 Å². The molecule has 14 heteroatoms. The fraction of sp³-hybridized carbons (Fsp3) is 0.381. The van der Waals surface area contributed by atoms with E-state index in [4.69, 9.17) is 15.2 Å². The Morgan fingerprint density at radius 1 is 1.26 bits per heavy atom. The lowest BCUT2D eigenvalue weighted by molar-refractivity contribution is -0.115. The van der Waals surface area contributed by atoms with Gasteiger partial charge in [0, 0.05) is 24.9 Å². The molecule has 2 aliphatic rings. The summed E-state index contributed by atoms with van der Waals surface area (Å²) in [7, 11) is -0.550. The molecule has 0 fully saturated rings. The zero-order chi connectivity index (χ0) is 25.3. The van der Waals surface area contributed by atoms with Crippen molar-refractivity contribution in [3.63, 3.8) is 0 Å². The molecule has 0 bridgehead atoms. The molecule has 1 amide bonds. The van der Waals surface area contributed by atoms with Gasteiger partial charge >= 0.3 is 5.69 Å². The summed E-state index contributed by atoms with van der Waals surface area (Å²) >= 11 is 0. The molecule has 3 heterocycles. The lowest BCUT2D eigenvalue weighted by Crippen LogP contribution is -2.43. The first-order valence-corrected chi connectivity index (χ1v) is 12.6. The Bertz CT molecular complexity index is 1350. The molecule has 0 saturated heterocycles. The lowest BCUT2D eigenvalue weighted by Gasteiger charge is -2.26. The number of hydrogen-bond donors (Lipinski definition) is 4. The first kappa shape index (κ1) is 24.5. The third kappa shape index (κ3) is 5.23. The van der Waals surface area contributed by atoms with Gasteiger partial charge in [0.2, 0.25) is 10.0 Å². The highest BCUT2D eigenvalue weighted by Crippen LogP contribution is 2.38. The number of amides is 1. The number of aryl methyl sites for hydroxylation is 1. The van der Waals surface area contributed by atoms with Gasteiger partial charge in [0.1, 0.15) is 5.70 Å². The highest BCUT2D eigenvalue weighted by atomic mass is 32.2. The first-order valence-electron chi connectivity index (χ1n) is 10.7. The van der Waals surface area contributed by atoms with Crippen molar-refractivity contribution in [3.8, 4) is 22.8 Å². The quantitative estimate of drug-likeness (QED) is 0.335. The fourth-order valence-corrected chi connectivity index (χ4v) is 4.88. The lowest BCUT2D eigenvalue weighted by atomic mass is 9.95. The van der Waals surface area contributed by atoms with Crippen LogP contribution in [0.25, 0.3) is 11.3 Å². The summed E-state index contributed by atoms with van der Waals surface area (Å²) in [6.45, 7) is 0.680. The number of hydrazine groups is 2. The Hall–Kier alpha value is -3.62. The van der Waals surface area contributed by atoms with Crippen LogP contribution >= 0.6 is 0 Å². The summed E-state index contributed by atoms with van der Waals surface area (Å²) in [5.74, 6) is 0.462. The van der Waals surface area contributed by atoms with Crippen LogP contribution in [0.3, 0.4) is 0 Å². The molecule has 0 spiro atoms. The standard InChI is InChI=1S/C21H27N7O6S/c1-33-18-8-12-4-6-27-17(13(12)9-19(18)34-2)10-15(24-21(27)30)14(26-35(3,31)32)5-7-28-23-11-16(25-28)20(22)29/h8-11,14,23,25-26H,4-7H2,1-3H3,(H2,22,29). The van der Waals surface area contributed by atoms with Gasteiger partial charge in [-0.3, -0.25) is 14.8 Å². The Morgan fingerprint density at radius 3 is 2.60 bits per heavy atom. The number of methoxy groups -OCH3 is 2. The Kier molecular flexibility index (Phi) is 6.69. The van der Waals surface area contributed by atoms with E-state index < -0.39 is 27.7 Å². The third-order valence-electron chi connectivity index (χ3n) is 5.76. The first-order chi connectivity index (χ1) is 16.6. The van der Waals surface area contributed by atoms with Crippen molar-refractivity contribution in [1.29, 1.82) is 0 Å². The number of benzene rings is 1. The molecule has 0 radical (unpaired) electrons. The van der Waals surface area contributed by atoms with Gasteiger partial charge < -0.3 is 20.6 Å². The van der Waals surface area contributed by atoms with Gasteiger partial charge in [-0.25, -0.2) is 17.9 Å². The van der Waals surface area contributed by atoms with Crippen LogP contribution < -0.4 is 36.5 Å². The summed E-state index contributed by atoms with van der Waals surface area (Å²) < 4.78 is 39.2. The van der Waals surface area contributed by atoms with Gasteiger partial charge in [0.15, 0.2) is 11.5 Å². The van der Waals surface area contributed by atoms with Crippen molar-refractivity contribution >= 4 is 15.9 Å². The maximum absolute atomic E-state index is 12.9. The summed E-state index contributed by atoms with van der Waals surface area (Å²) in [5.41, 5.74) is 13.2. The number of primary amides is 1. The Balaban J connectivity index is 1.69. The average Bonchev–Trinajstić information content (AvgIpc) is 3.29. The number of aromatic nitrogens is 2. The molecule has 0 saturated carbocycles. The van der Waals surface area contributed by atoms with Crippen molar-refractivity contribution in [2.24, 2.45) is 5.73 Å². The van der Waals surface area contributed by atoms with Gasteiger partial charge in [-0.05, 0) is 36.6 Å². The van der Waals surface area contributed by atoms with Crippen LogP contribution in [0.1, 0.15) is 23.7 Å². The van der Waals surface area contributed by atoms with Gasteiger partial charge in [-0.2, -0.15) is 4.98 Å². The zero-order valence-corrected chi connectivity index (χ0v) is 20.3. The number of carbonyl (C=O) groups is 1. The minimum atomic E-state index is -3.64. The number of nitrogens with one attached hydrogen (secondary N) is 3. The molecule has 1 unspecified atom stereocenters. The van der Waals surface area contributed by atoms with Crippen molar-refractivity contribution in [2.75, 3.05) is 27.0 Å². The molecule has 5 N–H and O–H groups in total. The largest absolute Gasteiger partial charge is 0.493 e. The van der Waals surface area contributed by atoms with Crippen LogP contribution in [0.5, 0.6) is 11.5 Å². The third-order valence-corrected chi connectivity index (χ3v) is 6.47. The van der Waals surface area contributed by atoms with Gasteiger partial charge in [0.05, 0.1) is 37.9 Å². The number of hydrogen-bond acceptors (Lipinski definition) is 10. The predicted molar refractivity (Wildman–Crippen MR) is 126 cm³/mol. The van der Waals surface area contributed by atoms with Crippen molar-refractivity contribution < 1.29 is 22.7 Å². The molecule has 188 valence electrons. The van der Waals surface area contributed by atoms with Gasteiger partial charge in [-0.15, -0.1) is 5.12 Å². The van der Waals surface area contributed by atoms with E-state index in [-0.39, 0.29) is 24.4 Å². The zero-order valence-electron chi connectivity index (χ0n) is 19.5. The summed E-state index contributed by atoms with van der Waals surface area (Å²) in [6, 6.07) is 4.58. The molecule has 2 aromatic rings. The fourth-order valence-electron chi connectivity index (χ4n) is 4.12. The topological polar surface area (TPSA) is 170 Å². The Labute approximate surface area is 201 Å². The summed E-state index contributed by atoms with van der Waals surface area (Å²) in [6.07, 6.45) is 3.28. The Morgan fingerprint density at radius 2 is 1.97 bits per heavy atom. The highest BCUT2D eigenvalue weighted by Gasteiger charge is 2.26. The van der Waals surface area contributed by atoms with Gasteiger partial charge in [0.25, 0.3) is 5.91 Å². The van der Waals surface area contributed by atoms with Crippen LogP contribution in [-0.2, 0) is 27.8 Å². The predicted octanol–water partition coefficient (Wildman–Crippen LogP) is -0.884. The molecular weight excluding hydrogens is 478 g/mol. The number of rotatable bonds is 9. The normalized spacial score (nSPS) is 15.8. The van der Waals surface area contributed by atoms with Crippen molar-refractivity contribution in [1.82, 2.24) is 30.2 Å². The van der Waals surface area contributed by atoms with E-state index >= 15 is 0 Å². The van der Waals surface area contributed by atoms with Crippen LogP contribution in [0.4, 0.5) is 0 Å². The number of carbonyl (C=O) groups excluding carboxylic acids is 1. The van der Waals surface area contributed by atoms with E-state index in [1.807, 2.05) is 6.07 Å². The van der Waals surface area contributed by atoms with E-state index in [1.54, 1.807) is 23.8 Å². The molecule has 35 heavy (non-hydrogen) atoms. The molecule has 1 aromatic heterocycles. The van der Waals surface area contributed by atoms with E-state index in [9.17, 15) is 18.0 Å². The van der Waals surface area contributed by atoms with Crippen LogP contribution in [0, 0.1) is 0 Å². The SMILES string of the molecule is COc1cc2c(cc1OC)-c1cc(C(CCN3NC=C(C(N)=O)N3)NS(C)(=O)=O)nc(=O)n1CC2. The van der Waals surface area contributed by atoms with E-state index in [2.05, 4.69) is 20.6 Å². The molecule has 13 nitrogen and oxygen atoms in total. The average molecular weight is 506 g/mol. The number of fused-ring (bicyclic) bond motifs is 3. The smallest absolute Gasteiger partial charge is 0.348 e. The monoisotopic (exact) mass is 505 g/mol. The molecule has 1 atom stereocenters. The maximum atomic E-state index is 12.9. The summed E-state index contributed by atoms with van der Waals surface area (Å²) in [5, 5.41) is 1.48. The second-order valence-electron chi connectivity index (χ2n) is 8.16. The number of nitrogens with two attached hydrogens (primary N) is 1. The minimum absolute atomic E-state index is 0.170. The van der Waals surface area contributed by atoms with Crippen molar-refractivity contribution in [3.05, 3.63) is 51.8 Å². The van der Waals surface area contributed by atoms with Crippen LogP contribution in [0.2, 0.25) is 0 Å². The number of ether oxygens (including phenoxy) is 2. The maximum Gasteiger partial charge on any atom is 0.348 e. The highest BCUT2D eigenvalue weighted by molar-refractivity contribution is 7.88. The molecule has 4 rings (SSSR count). The van der Waals surface area contributed by atoms with E-state index in [0.29, 0.717) is 30.2 Å². The molecule has 0 aliphatic carbocycles. The van der Waals surface area contributed by atoms with E-state index in [1.165, 1.54) is 18.4 Å². The molecule has 2 aliphatic heterocycles. The molecule has 1 aromatic carbocycles. The number of sulfonamides is 1. The van der Waals surface area contributed by atoms with Gasteiger partial charge in [-0.1, -0.05) is 0 Å². The van der Waals surface area contributed by atoms with E-state index in [0.717, 1.165) is 17.4 Å².